The number of nitrogens with zero attached hydrogens (tertiary/aromatic N) is 1. The van der Waals surface area contributed by atoms with E-state index >= 15 is 0 Å². The molecule has 5 heteroatoms. The fourth-order valence-electron chi connectivity index (χ4n) is 1.90. The van der Waals surface area contributed by atoms with E-state index in [-0.39, 0.29) is 12.3 Å². The van der Waals surface area contributed by atoms with Crippen molar-refractivity contribution in [1.29, 1.82) is 0 Å². The molecule has 0 spiro atoms. The zero-order valence-corrected chi connectivity index (χ0v) is 10.6. The van der Waals surface area contributed by atoms with Crippen LogP contribution < -0.4 is 4.74 Å². The zero-order chi connectivity index (χ0) is 13.8. The summed E-state index contributed by atoms with van der Waals surface area (Å²) >= 11 is 0. The SMILES string of the molecule is COc1ccc(CCC(=O)N2C(=O)C=CC2O)cc1. The van der Waals surface area contributed by atoms with Gasteiger partial charge in [-0.1, -0.05) is 12.1 Å². The number of carbonyl (C=O) groups excluding carboxylic acids is 2. The number of amides is 2. The van der Waals surface area contributed by atoms with Crippen LogP contribution in [0.15, 0.2) is 36.4 Å². The predicted molar refractivity (Wildman–Crippen MR) is 68.3 cm³/mol. The second-order valence-electron chi connectivity index (χ2n) is 4.22. The minimum absolute atomic E-state index is 0.177. The summed E-state index contributed by atoms with van der Waals surface area (Å²) in [6, 6.07) is 7.37. The Morgan fingerprint density at radius 3 is 2.58 bits per heavy atom. The predicted octanol–water partition coefficient (Wildman–Crippen LogP) is 0.871. The van der Waals surface area contributed by atoms with E-state index in [0.29, 0.717) is 6.42 Å². The van der Waals surface area contributed by atoms with Crippen molar-refractivity contribution in [1.82, 2.24) is 4.90 Å². The molecule has 1 aliphatic heterocycles. The lowest BCUT2D eigenvalue weighted by atomic mass is 10.1. The summed E-state index contributed by atoms with van der Waals surface area (Å²) in [5.41, 5.74) is 0.975. The summed E-state index contributed by atoms with van der Waals surface area (Å²) in [6.45, 7) is 0. The van der Waals surface area contributed by atoms with Crippen LogP contribution in [0.1, 0.15) is 12.0 Å². The lowest BCUT2D eigenvalue weighted by Gasteiger charge is -2.18. The Bertz CT molecular complexity index is 507. The van der Waals surface area contributed by atoms with Crippen LogP contribution in [0, 0.1) is 0 Å². The number of carbonyl (C=O) groups is 2. The molecule has 0 aliphatic carbocycles. The van der Waals surface area contributed by atoms with Crippen molar-refractivity contribution in [3.8, 4) is 5.75 Å². The molecule has 1 heterocycles. The largest absolute Gasteiger partial charge is 0.497 e. The van der Waals surface area contributed by atoms with Gasteiger partial charge in [-0.3, -0.25) is 9.59 Å². The maximum absolute atomic E-state index is 11.8. The lowest BCUT2D eigenvalue weighted by molar-refractivity contribution is -0.148. The molecule has 1 unspecified atom stereocenters. The highest BCUT2D eigenvalue weighted by molar-refractivity contribution is 6.03. The number of ether oxygens (including phenoxy) is 1. The number of methoxy groups -OCH3 is 1. The van der Waals surface area contributed by atoms with Crippen molar-refractivity contribution in [3.05, 3.63) is 42.0 Å². The van der Waals surface area contributed by atoms with E-state index in [0.717, 1.165) is 16.2 Å². The number of aliphatic hydroxyl groups is 1. The Kier molecular flexibility index (Phi) is 3.97. The Balaban J connectivity index is 1.91. The van der Waals surface area contributed by atoms with Crippen LogP contribution in [0.4, 0.5) is 0 Å². The molecule has 100 valence electrons. The highest BCUT2D eigenvalue weighted by Gasteiger charge is 2.29. The van der Waals surface area contributed by atoms with Gasteiger partial charge in [-0.05, 0) is 30.2 Å². The number of benzene rings is 1. The molecule has 1 N–H and O–H groups in total. The van der Waals surface area contributed by atoms with Gasteiger partial charge in [-0.15, -0.1) is 0 Å². The van der Waals surface area contributed by atoms with E-state index in [9.17, 15) is 14.7 Å². The topological polar surface area (TPSA) is 66.8 Å². The fraction of sp³-hybridized carbons (Fsp3) is 0.286. The van der Waals surface area contributed by atoms with Gasteiger partial charge in [0.15, 0.2) is 6.23 Å². The van der Waals surface area contributed by atoms with E-state index in [1.54, 1.807) is 7.11 Å². The number of hydrogen-bond donors (Lipinski definition) is 1. The quantitative estimate of drug-likeness (QED) is 0.873. The van der Waals surface area contributed by atoms with Gasteiger partial charge >= 0.3 is 0 Å². The van der Waals surface area contributed by atoms with Crippen LogP contribution in [0.5, 0.6) is 5.75 Å². The third kappa shape index (κ3) is 3.00. The number of aliphatic hydroxyl groups excluding tert-OH is 1. The van der Waals surface area contributed by atoms with Gasteiger partial charge in [-0.2, -0.15) is 0 Å². The van der Waals surface area contributed by atoms with Crippen LogP contribution in [0.25, 0.3) is 0 Å². The molecule has 2 rings (SSSR count). The van der Waals surface area contributed by atoms with Crippen molar-refractivity contribution in [2.45, 2.75) is 19.1 Å². The summed E-state index contributed by atoms with van der Waals surface area (Å²) in [4.78, 5) is 24.1. The van der Waals surface area contributed by atoms with Gasteiger partial charge in [0.05, 0.1) is 7.11 Å². The van der Waals surface area contributed by atoms with Gasteiger partial charge in [0.2, 0.25) is 5.91 Å². The van der Waals surface area contributed by atoms with Crippen LogP contribution >= 0.6 is 0 Å². The summed E-state index contributed by atoms with van der Waals surface area (Å²) < 4.78 is 5.04. The molecule has 1 atom stereocenters. The first-order valence-electron chi connectivity index (χ1n) is 5.97. The van der Waals surface area contributed by atoms with Crippen molar-refractivity contribution in [2.75, 3.05) is 7.11 Å². The molecule has 0 fully saturated rings. The first kappa shape index (κ1) is 13.3. The average Bonchev–Trinajstić information content (AvgIpc) is 2.76. The van der Waals surface area contributed by atoms with Crippen molar-refractivity contribution >= 4 is 11.8 Å². The summed E-state index contributed by atoms with van der Waals surface area (Å²) in [7, 11) is 1.59. The van der Waals surface area contributed by atoms with Crippen LogP contribution in [-0.4, -0.2) is 35.2 Å². The van der Waals surface area contributed by atoms with Gasteiger partial charge in [0.1, 0.15) is 5.75 Å². The number of rotatable bonds is 4. The smallest absolute Gasteiger partial charge is 0.255 e. The second-order valence-corrected chi connectivity index (χ2v) is 4.22. The van der Waals surface area contributed by atoms with E-state index in [1.807, 2.05) is 24.3 Å². The van der Waals surface area contributed by atoms with Gasteiger partial charge in [0.25, 0.3) is 5.91 Å². The lowest BCUT2D eigenvalue weighted by Crippen LogP contribution is -2.39. The zero-order valence-electron chi connectivity index (χ0n) is 10.6. The highest BCUT2D eigenvalue weighted by Crippen LogP contribution is 2.15. The van der Waals surface area contributed by atoms with Gasteiger partial charge in [0, 0.05) is 12.5 Å². The maximum Gasteiger partial charge on any atom is 0.255 e. The van der Waals surface area contributed by atoms with Gasteiger partial charge < -0.3 is 9.84 Å². The highest BCUT2D eigenvalue weighted by atomic mass is 16.5. The first-order valence-corrected chi connectivity index (χ1v) is 5.97. The molecule has 19 heavy (non-hydrogen) atoms. The Morgan fingerprint density at radius 2 is 2.05 bits per heavy atom. The molecule has 0 saturated heterocycles. The summed E-state index contributed by atoms with van der Waals surface area (Å²) in [6.07, 6.45) is 2.07. The Hall–Kier alpha value is -2.14. The molecular formula is C14H15NO4. The number of hydrogen-bond acceptors (Lipinski definition) is 4. The standard InChI is InChI=1S/C14H15NO4/c1-19-11-5-2-10(3-6-11)4-7-12(16)15-13(17)8-9-14(15)18/h2-3,5-6,8-9,13,17H,4,7H2,1H3. The monoisotopic (exact) mass is 261 g/mol. The minimum atomic E-state index is -1.13. The van der Waals surface area contributed by atoms with Gasteiger partial charge in [-0.25, -0.2) is 4.90 Å². The number of imide groups is 1. The van der Waals surface area contributed by atoms with Crippen molar-refractivity contribution in [3.63, 3.8) is 0 Å². The Morgan fingerprint density at radius 1 is 1.37 bits per heavy atom. The Labute approximate surface area is 111 Å². The molecule has 0 bridgehead atoms. The molecule has 1 aliphatic rings. The van der Waals surface area contributed by atoms with Crippen molar-refractivity contribution < 1.29 is 19.4 Å². The maximum atomic E-state index is 11.8. The minimum Gasteiger partial charge on any atom is -0.497 e. The average molecular weight is 261 g/mol. The molecule has 0 radical (unpaired) electrons. The van der Waals surface area contributed by atoms with E-state index in [1.165, 1.54) is 12.2 Å². The van der Waals surface area contributed by atoms with Crippen LogP contribution in [-0.2, 0) is 16.0 Å². The third-order valence-corrected chi connectivity index (χ3v) is 2.97. The summed E-state index contributed by atoms with van der Waals surface area (Å²) in [5.74, 6) is -0.0880. The molecule has 0 aromatic heterocycles. The second kappa shape index (κ2) is 5.67. The number of aryl methyl sites for hydroxylation is 1. The van der Waals surface area contributed by atoms with Crippen molar-refractivity contribution in [2.24, 2.45) is 0 Å². The third-order valence-electron chi connectivity index (χ3n) is 2.97. The molecule has 0 saturated carbocycles. The summed E-state index contributed by atoms with van der Waals surface area (Å²) in [5, 5.41) is 9.48. The molecular weight excluding hydrogens is 246 g/mol. The van der Waals surface area contributed by atoms with E-state index in [2.05, 4.69) is 0 Å². The van der Waals surface area contributed by atoms with Crippen LogP contribution in [0.2, 0.25) is 0 Å². The van der Waals surface area contributed by atoms with E-state index in [4.69, 9.17) is 4.74 Å². The fourth-order valence-corrected chi connectivity index (χ4v) is 1.90. The first-order chi connectivity index (χ1) is 9.11. The van der Waals surface area contributed by atoms with Crippen LogP contribution in [0.3, 0.4) is 0 Å². The molecule has 2 amide bonds. The molecule has 5 nitrogen and oxygen atoms in total. The normalized spacial score (nSPS) is 17.9. The molecule has 1 aromatic carbocycles. The molecule has 1 aromatic rings. The van der Waals surface area contributed by atoms with E-state index < -0.39 is 12.1 Å².